The molecule has 4 nitrogen and oxygen atoms in total. The number of amides is 1. The molecule has 1 saturated heterocycles. The highest BCUT2D eigenvalue weighted by Crippen LogP contribution is 2.32. The summed E-state index contributed by atoms with van der Waals surface area (Å²) < 4.78 is 0. The second kappa shape index (κ2) is 9.41. The topological polar surface area (TPSA) is 45.2 Å². The van der Waals surface area contributed by atoms with Crippen molar-refractivity contribution in [2.24, 2.45) is 0 Å². The number of pyridine rings is 1. The van der Waals surface area contributed by atoms with Gasteiger partial charge in [0.05, 0.1) is 11.7 Å². The highest BCUT2D eigenvalue weighted by molar-refractivity contribution is 6.31. The number of anilines is 1. The van der Waals surface area contributed by atoms with Crippen molar-refractivity contribution in [3.63, 3.8) is 0 Å². The van der Waals surface area contributed by atoms with Crippen LogP contribution < -0.4 is 5.32 Å². The Kier molecular flexibility index (Phi) is 6.46. The van der Waals surface area contributed by atoms with Gasteiger partial charge in [0, 0.05) is 36.3 Å². The van der Waals surface area contributed by atoms with Crippen molar-refractivity contribution in [3.8, 4) is 0 Å². The van der Waals surface area contributed by atoms with Crippen molar-refractivity contribution in [3.05, 3.63) is 94.3 Å². The second-order valence-electron chi connectivity index (χ2n) is 7.83. The Balaban J connectivity index is 1.47. The number of carbonyl (C=O) groups excluding carboxylic acids is 1. The Labute approximate surface area is 182 Å². The summed E-state index contributed by atoms with van der Waals surface area (Å²) >= 11 is 6.33. The molecule has 5 heteroatoms. The third-order valence-electron chi connectivity index (χ3n) is 5.52. The van der Waals surface area contributed by atoms with Crippen LogP contribution in [0.5, 0.6) is 0 Å². The molecule has 0 bridgehead atoms. The van der Waals surface area contributed by atoms with Crippen LogP contribution in [0.3, 0.4) is 0 Å². The first kappa shape index (κ1) is 20.6. The Morgan fingerprint density at radius 2 is 1.90 bits per heavy atom. The van der Waals surface area contributed by atoms with Crippen molar-refractivity contribution in [2.45, 2.75) is 38.8 Å². The Morgan fingerprint density at radius 3 is 2.67 bits per heavy atom. The summed E-state index contributed by atoms with van der Waals surface area (Å²) in [7, 11) is 0. The van der Waals surface area contributed by atoms with Crippen molar-refractivity contribution in [1.29, 1.82) is 0 Å². The van der Waals surface area contributed by atoms with Crippen molar-refractivity contribution >= 4 is 23.2 Å². The lowest BCUT2D eigenvalue weighted by atomic mass is 10.1. The molecule has 1 N–H and O–H groups in total. The van der Waals surface area contributed by atoms with E-state index in [2.05, 4.69) is 46.6 Å². The third kappa shape index (κ3) is 5.07. The van der Waals surface area contributed by atoms with Crippen molar-refractivity contribution in [2.75, 3.05) is 11.9 Å². The van der Waals surface area contributed by atoms with Gasteiger partial charge in [-0.3, -0.25) is 14.7 Å². The van der Waals surface area contributed by atoms with Gasteiger partial charge in [-0.2, -0.15) is 0 Å². The van der Waals surface area contributed by atoms with E-state index in [4.69, 9.17) is 16.6 Å². The highest BCUT2D eigenvalue weighted by atomic mass is 35.5. The smallest absolute Gasteiger partial charge is 0.221 e. The van der Waals surface area contributed by atoms with Gasteiger partial charge in [0.15, 0.2) is 0 Å². The van der Waals surface area contributed by atoms with Gasteiger partial charge < -0.3 is 5.32 Å². The minimum Gasteiger partial charge on any atom is -0.326 e. The maximum absolute atomic E-state index is 11.2. The van der Waals surface area contributed by atoms with E-state index in [-0.39, 0.29) is 5.91 Å². The largest absolute Gasteiger partial charge is 0.326 e. The van der Waals surface area contributed by atoms with Gasteiger partial charge in [0.25, 0.3) is 0 Å². The van der Waals surface area contributed by atoms with Crippen LogP contribution in [0, 0.1) is 0 Å². The zero-order chi connectivity index (χ0) is 20.9. The SMILES string of the molecule is CC(=O)Nc1ccc(CN2CCC[C@H]2c2cccc(Cc3ccccc3Cl)n2)cc1. The summed E-state index contributed by atoms with van der Waals surface area (Å²) in [6.45, 7) is 3.46. The molecule has 0 aliphatic carbocycles. The summed E-state index contributed by atoms with van der Waals surface area (Å²) in [5.74, 6) is -0.0508. The predicted molar refractivity (Wildman–Crippen MR) is 122 cm³/mol. The average molecular weight is 420 g/mol. The molecule has 3 aromatic rings. The minimum atomic E-state index is -0.0508. The number of rotatable bonds is 6. The summed E-state index contributed by atoms with van der Waals surface area (Å²) in [6, 6.07) is 22.7. The fourth-order valence-electron chi connectivity index (χ4n) is 4.10. The lowest BCUT2D eigenvalue weighted by molar-refractivity contribution is -0.114. The summed E-state index contributed by atoms with van der Waals surface area (Å²) in [5, 5.41) is 3.61. The molecule has 1 fully saturated rings. The van der Waals surface area contributed by atoms with E-state index in [9.17, 15) is 4.79 Å². The molecule has 4 rings (SSSR count). The molecule has 1 aliphatic heterocycles. The molecular weight excluding hydrogens is 394 g/mol. The lowest BCUT2D eigenvalue weighted by Crippen LogP contribution is -2.23. The third-order valence-corrected chi connectivity index (χ3v) is 5.89. The van der Waals surface area contributed by atoms with Gasteiger partial charge in [-0.15, -0.1) is 0 Å². The molecule has 1 amide bonds. The standard InChI is InChI=1S/C25H26ClN3O/c1-18(30)27-21-13-11-19(12-14-21)17-29-15-5-10-25(29)24-9-4-7-22(28-24)16-20-6-2-3-8-23(20)26/h2-4,6-9,11-14,25H,5,10,15-17H2,1H3,(H,27,30)/t25-/m0/s1. The first-order valence-corrected chi connectivity index (χ1v) is 10.8. The van der Waals surface area contributed by atoms with Crippen LogP contribution in [0.15, 0.2) is 66.7 Å². The quantitative estimate of drug-likeness (QED) is 0.563. The van der Waals surface area contributed by atoms with Crippen LogP contribution in [0.25, 0.3) is 0 Å². The van der Waals surface area contributed by atoms with Gasteiger partial charge in [0.2, 0.25) is 5.91 Å². The second-order valence-corrected chi connectivity index (χ2v) is 8.24. The number of halogens is 1. The fourth-order valence-corrected chi connectivity index (χ4v) is 4.30. The number of hydrogen-bond acceptors (Lipinski definition) is 3. The Hall–Kier alpha value is -2.69. The molecule has 2 heterocycles. The van der Waals surface area contributed by atoms with Crippen LogP contribution >= 0.6 is 11.6 Å². The first-order chi connectivity index (χ1) is 14.6. The zero-order valence-corrected chi connectivity index (χ0v) is 17.9. The summed E-state index contributed by atoms with van der Waals surface area (Å²) in [6.07, 6.45) is 3.03. The molecule has 0 radical (unpaired) electrons. The summed E-state index contributed by atoms with van der Waals surface area (Å²) in [5.41, 5.74) is 5.35. The number of carbonyl (C=O) groups is 1. The van der Waals surface area contributed by atoms with Crippen molar-refractivity contribution in [1.82, 2.24) is 9.88 Å². The van der Waals surface area contributed by atoms with E-state index < -0.39 is 0 Å². The monoisotopic (exact) mass is 419 g/mol. The molecule has 0 saturated carbocycles. The Bertz CT molecular complexity index is 1020. The number of nitrogens with zero attached hydrogens (tertiary/aromatic N) is 2. The molecule has 1 atom stereocenters. The van der Waals surface area contributed by atoms with Crippen molar-refractivity contribution < 1.29 is 4.79 Å². The van der Waals surface area contributed by atoms with E-state index in [1.54, 1.807) is 0 Å². The molecule has 1 aliphatic rings. The minimum absolute atomic E-state index is 0.0508. The van der Waals surface area contributed by atoms with Gasteiger partial charge in [-0.05, 0) is 60.8 Å². The van der Waals surface area contributed by atoms with Crippen LogP contribution in [0.2, 0.25) is 5.02 Å². The van der Waals surface area contributed by atoms with Gasteiger partial charge >= 0.3 is 0 Å². The highest BCUT2D eigenvalue weighted by Gasteiger charge is 2.27. The Morgan fingerprint density at radius 1 is 1.10 bits per heavy atom. The molecule has 0 spiro atoms. The maximum atomic E-state index is 11.2. The lowest BCUT2D eigenvalue weighted by Gasteiger charge is -2.24. The summed E-state index contributed by atoms with van der Waals surface area (Å²) in [4.78, 5) is 18.7. The molecule has 1 aromatic heterocycles. The number of nitrogens with one attached hydrogen (secondary N) is 1. The van der Waals surface area contributed by atoms with Gasteiger partial charge in [-0.1, -0.05) is 48.0 Å². The van der Waals surface area contributed by atoms with E-state index >= 15 is 0 Å². The van der Waals surface area contributed by atoms with E-state index in [1.807, 2.05) is 30.3 Å². The van der Waals surface area contributed by atoms with E-state index in [0.717, 1.165) is 53.6 Å². The number of hydrogen-bond donors (Lipinski definition) is 1. The number of aromatic nitrogens is 1. The predicted octanol–water partition coefficient (Wildman–Crippen LogP) is 5.62. The number of likely N-dealkylation sites (tertiary alicyclic amines) is 1. The van der Waals surface area contributed by atoms with Gasteiger partial charge in [-0.25, -0.2) is 0 Å². The fraction of sp³-hybridized carbons (Fsp3) is 0.280. The number of benzene rings is 2. The van der Waals surface area contributed by atoms with Crippen LogP contribution in [0.1, 0.15) is 48.3 Å². The van der Waals surface area contributed by atoms with E-state index in [0.29, 0.717) is 6.04 Å². The van der Waals surface area contributed by atoms with Crippen LogP contribution in [-0.2, 0) is 17.8 Å². The molecule has 154 valence electrons. The first-order valence-electron chi connectivity index (χ1n) is 10.4. The molecular formula is C25H26ClN3O. The average Bonchev–Trinajstić information content (AvgIpc) is 3.19. The molecule has 30 heavy (non-hydrogen) atoms. The van der Waals surface area contributed by atoms with E-state index in [1.165, 1.54) is 18.9 Å². The molecule has 0 unspecified atom stereocenters. The van der Waals surface area contributed by atoms with Gasteiger partial charge in [0.1, 0.15) is 0 Å². The van der Waals surface area contributed by atoms with Crippen LogP contribution in [-0.4, -0.2) is 22.3 Å². The van der Waals surface area contributed by atoms with Crippen LogP contribution in [0.4, 0.5) is 5.69 Å². The molecule has 2 aromatic carbocycles. The maximum Gasteiger partial charge on any atom is 0.221 e. The zero-order valence-electron chi connectivity index (χ0n) is 17.1. The normalized spacial score (nSPS) is 16.5.